The van der Waals surface area contributed by atoms with Crippen LogP contribution >= 0.6 is 0 Å². The number of nitrogens with one attached hydrogen (secondary N) is 1. The number of carbonyl (C=O) groups is 2. The molecule has 0 amide bonds. The van der Waals surface area contributed by atoms with E-state index in [1.807, 2.05) is 18.2 Å². The number of aryl methyl sites for hydroxylation is 1. The van der Waals surface area contributed by atoms with E-state index >= 15 is 0 Å². The second-order valence-electron chi connectivity index (χ2n) is 7.85. The SMILES string of the molecule is CCOC(=O)c1ccnc(-c2nc(-c3cc(CC)ccn3)n[nH]2)c1.CCOC(=O)c1ccnc(C#N)c1.O=C=O.OCCO. The molecular weight excluding hydrogens is 574 g/mol. The quantitative estimate of drug-likeness (QED) is 0.244. The van der Waals surface area contributed by atoms with Crippen molar-refractivity contribution >= 4 is 18.1 Å². The van der Waals surface area contributed by atoms with E-state index in [4.69, 9.17) is 34.5 Å². The minimum Gasteiger partial charge on any atom is -0.462 e. The Morgan fingerprint density at radius 3 is 1.93 bits per heavy atom. The van der Waals surface area contributed by atoms with Crippen molar-refractivity contribution < 1.29 is 38.9 Å². The van der Waals surface area contributed by atoms with E-state index in [-0.39, 0.29) is 25.1 Å². The number of aliphatic hydroxyl groups is 2. The first-order valence-electron chi connectivity index (χ1n) is 13.1. The highest BCUT2D eigenvalue weighted by molar-refractivity contribution is 5.90. The van der Waals surface area contributed by atoms with Crippen molar-refractivity contribution in [2.24, 2.45) is 0 Å². The highest BCUT2D eigenvalue weighted by atomic mass is 16.5. The summed E-state index contributed by atoms with van der Waals surface area (Å²) in [6.07, 6.45) is 5.85. The Balaban J connectivity index is 0.000000405. The third-order valence-electron chi connectivity index (χ3n) is 4.95. The number of pyridine rings is 3. The van der Waals surface area contributed by atoms with Gasteiger partial charge < -0.3 is 19.7 Å². The number of aromatic nitrogens is 6. The lowest BCUT2D eigenvalue weighted by Gasteiger charge is -2.02. The van der Waals surface area contributed by atoms with Crippen LogP contribution in [0.15, 0.2) is 55.0 Å². The van der Waals surface area contributed by atoms with Crippen LogP contribution in [0.5, 0.6) is 0 Å². The molecule has 44 heavy (non-hydrogen) atoms. The zero-order valence-corrected chi connectivity index (χ0v) is 24.3. The van der Waals surface area contributed by atoms with Crippen LogP contribution in [0.3, 0.4) is 0 Å². The number of carbonyl (C=O) groups excluding carboxylic acids is 4. The lowest BCUT2D eigenvalue weighted by molar-refractivity contribution is -0.191. The molecule has 4 aromatic rings. The number of H-pyrrole nitrogens is 1. The number of hydrogen-bond donors (Lipinski definition) is 3. The maximum absolute atomic E-state index is 11.8. The molecule has 0 aromatic carbocycles. The number of esters is 2. The van der Waals surface area contributed by atoms with Crippen molar-refractivity contribution in [2.75, 3.05) is 26.4 Å². The summed E-state index contributed by atoms with van der Waals surface area (Å²) < 4.78 is 9.75. The summed E-state index contributed by atoms with van der Waals surface area (Å²) in [7, 11) is 0. The Morgan fingerprint density at radius 1 is 0.841 bits per heavy atom. The predicted molar refractivity (Wildman–Crippen MR) is 152 cm³/mol. The molecule has 3 N–H and O–H groups in total. The van der Waals surface area contributed by atoms with Gasteiger partial charge in [-0.15, -0.1) is 0 Å². The minimum absolute atomic E-state index is 0.125. The third kappa shape index (κ3) is 12.5. The molecule has 0 aliphatic carbocycles. The second-order valence-corrected chi connectivity index (χ2v) is 7.85. The molecular formula is C29H31N7O8. The summed E-state index contributed by atoms with van der Waals surface area (Å²) in [4.78, 5) is 55.9. The van der Waals surface area contributed by atoms with Crippen LogP contribution in [0.4, 0.5) is 0 Å². The summed E-state index contributed by atoms with van der Waals surface area (Å²) in [5.41, 5.74) is 3.36. The van der Waals surface area contributed by atoms with Gasteiger partial charge in [0.2, 0.25) is 0 Å². The van der Waals surface area contributed by atoms with Gasteiger partial charge >= 0.3 is 18.1 Å². The topological polar surface area (TPSA) is 231 Å². The van der Waals surface area contributed by atoms with Crippen molar-refractivity contribution in [1.29, 1.82) is 5.26 Å². The summed E-state index contributed by atoms with van der Waals surface area (Å²) in [6.45, 7) is 5.96. The van der Waals surface area contributed by atoms with Gasteiger partial charge in [0.15, 0.2) is 11.6 Å². The maximum atomic E-state index is 11.8. The summed E-state index contributed by atoms with van der Waals surface area (Å²) in [6, 6.07) is 11.9. The van der Waals surface area contributed by atoms with Crippen LogP contribution in [0.2, 0.25) is 0 Å². The van der Waals surface area contributed by atoms with Gasteiger partial charge in [-0.3, -0.25) is 15.1 Å². The Hall–Kier alpha value is -5.68. The van der Waals surface area contributed by atoms with E-state index < -0.39 is 11.9 Å². The first-order chi connectivity index (χ1) is 21.3. The number of nitrogens with zero attached hydrogens (tertiary/aromatic N) is 6. The van der Waals surface area contributed by atoms with Crippen LogP contribution in [-0.2, 0) is 25.5 Å². The van der Waals surface area contributed by atoms with Crippen molar-refractivity contribution in [2.45, 2.75) is 27.2 Å². The monoisotopic (exact) mass is 605 g/mol. The minimum atomic E-state index is -0.429. The van der Waals surface area contributed by atoms with Gasteiger partial charge in [0.25, 0.3) is 0 Å². The molecule has 230 valence electrons. The van der Waals surface area contributed by atoms with Gasteiger partial charge in [-0.25, -0.2) is 19.6 Å². The molecule has 4 heterocycles. The highest BCUT2D eigenvalue weighted by Crippen LogP contribution is 2.19. The summed E-state index contributed by atoms with van der Waals surface area (Å²) >= 11 is 0. The zero-order valence-electron chi connectivity index (χ0n) is 24.3. The van der Waals surface area contributed by atoms with Gasteiger partial charge in [-0.1, -0.05) is 6.92 Å². The van der Waals surface area contributed by atoms with Crippen molar-refractivity contribution in [3.8, 4) is 29.1 Å². The molecule has 0 aliphatic rings. The van der Waals surface area contributed by atoms with E-state index in [1.54, 1.807) is 38.4 Å². The molecule has 0 spiro atoms. The molecule has 15 nitrogen and oxygen atoms in total. The van der Waals surface area contributed by atoms with E-state index in [0.717, 1.165) is 12.0 Å². The van der Waals surface area contributed by atoms with Gasteiger partial charge in [-0.05, 0) is 62.2 Å². The maximum Gasteiger partial charge on any atom is 0.373 e. The Labute approximate surface area is 252 Å². The van der Waals surface area contributed by atoms with Crippen LogP contribution in [-0.4, -0.2) is 84.9 Å². The lowest BCUT2D eigenvalue weighted by Crippen LogP contribution is -2.05. The standard InChI is InChI=1S/C17H17N5O2.C9H8N2O2.C2H6O2.CO2/c1-3-11-5-7-18-13(9-11)15-20-16(22-21-15)14-10-12(6-8-19-14)17(23)24-4-2;1-2-13-9(12)7-3-4-11-8(5-7)6-10;3-1-2-4;2-1-3/h5-10H,3-4H2,1-2H3,(H,20,21,22);3-5H,2H2,1H3;3-4H,1-2H2;. The normalized spacial score (nSPS) is 9.27. The summed E-state index contributed by atoms with van der Waals surface area (Å²) in [5.74, 6) is 0.142. The van der Waals surface area contributed by atoms with E-state index in [9.17, 15) is 9.59 Å². The third-order valence-corrected chi connectivity index (χ3v) is 4.95. The van der Waals surface area contributed by atoms with Crippen molar-refractivity contribution in [3.05, 3.63) is 77.4 Å². The molecule has 0 unspecified atom stereocenters. The molecule has 0 saturated heterocycles. The number of aromatic amines is 1. The lowest BCUT2D eigenvalue weighted by atomic mass is 10.2. The van der Waals surface area contributed by atoms with Crippen molar-refractivity contribution in [1.82, 2.24) is 30.1 Å². The Bertz CT molecular complexity index is 1540. The molecule has 15 heteroatoms. The number of rotatable bonds is 8. The van der Waals surface area contributed by atoms with Gasteiger partial charge in [0.05, 0.1) is 37.6 Å². The molecule has 4 rings (SSSR count). The fourth-order valence-corrected chi connectivity index (χ4v) is 3.04. The van der Waals surface area contributed by atoms with Crippen LogP contribution in [0, 0.1) is 11.3 Å². The van der Waals surface area contributed by atoms with Gasteiger partial charge in [0, 0.05) is 18.6 Å². The smallest absolute Gasteiger partial charge is 0.373 e. The summed E-state index contributed by atoms with van der Waals surface area (Å²) in [5, 5.41) is 30.8. The molecule has 0 bridgehead atoms. The van der Waals surface area contributed by atoms with Crippen LogP contribution in [0.1, 0.15) is 52.7 Å². The number of nitriles is 1. The first kappa shape index (κ1) is 36.3. The molecule has 4 aromatic heterocycles. The van der Waals surface area contributed by atoms with E-state index in [0.29, 0.717) is 47.4 Å². The van der Waals surface area contributed by atoms with Crippen molar-refractivity contribution in [3.63, 3.8) is 0 Å². The van der Waals surface area contributed by atoms with E-state index in [2.05, 4.69) is 37.1 Å². The van der Waals surface area contributed by atoms with Crippen LogP contribution in [0.25, 0.3) is 23.0 Å². The molecule has 0 fully saturated rings. The second kappa shape index (κ2) is 21.1. The molecule has 0 atom stereocenters. The number of hydrogen-bond acceptors (Lipinski definition) is 14. The largest absolute Gasteiger partial charge is 0.462 e. The zero-order chi connectivity index (χ0) is 32.7. The Kier molecular flexibility index (Phi) is 17.4. The number of aliphatic hydroxyl groups excluding tert-OH is 2. The van der Waals surface area contributed by atoms with Gasteiger partial charge in [0.1, 0.15) is 23.2 Å². The molecule has 0 aliphatic heterocycles. The fourth-order valence-electron chi connectivity index (χ4n) is 3.04. The average Bonchev–Trinajstić information content (AvgIpc) is 3.57. The fraction of sp³-hybridized carbons (Fsp3) is 0.276. The first-order valence-corrected chi connectivity index (χ1v) is 13.1. The Morgan fingerprint density at radius 2 is 1.39 bits per heavy atom. The highest BCUT2D eigenvalue weighted by Gasteiger charge is 2.13. The molecule has 0 saturated carbocycles. The number of ether oxygens (including phenoxy) is 2. The van der Waals surface area contributed by atoms with Gasteiger partial charge in [-0.2, -0.15) is 19.9 Å². The predicted octanol–water partition coefficient (Wildman–Crippen LogP) is 2.19. The van der Waals surface area contributed by atoms with E-state index in [1.165, 1.54) is 18.3 Å². The van der Waals surface area contributed by atoms with Crippen LogP contribution < -0.4 is 0 Å². The average molecular weight is 606 g/mol. The molecule has 0 radical (unpaired) electrons.